The number of hydrogen-bond acceptors (Lipinski definition) is 6. The van der Waals surface area contributed by atoms with Gasteiger partial charge in [-0.3, -0.25) is 4.79 Å². The molecule has 0 atom stereocenters. The Morgan fingerprint density at radius 1 is 1.22 bits per heavy atom. The summed E-state index contributed by atoms with van der Waals surface area (Å²) in [6, 6.07) is 9.84. The largest absolute Gasteiger partial charge is 0.310 e. The van der Waals surface area contributed by atoms with Crippen LogP contribution >= 0.6 is 11.8 Å². The summed E-state index contributed by atoms with van der Waals surface area (Å²) in [7, 11) is 0. The number of nitrogens with one attached hydrogen (secondary N) is 1. The Labute approximate surface area is 162 Å². The molecule has 3 rings (SSSR count). The molecule has 0 aliphatic rings. The minimum atomic E-state index is -0.132. The van der Waals surface area contributed by atoms with Crippen molar-refractivity contribution >= 4 is 23.5 Å². The molecule has 27 heavy (non-hydrogen) atoms. The van der Waals surface area contributed by atoms with Crippen molar-refractivity contribution in [2.24, 2.45) is 5.92 Å². The summed E-state index contributed by atoms with van der Waals surface area (Å²) in [6.45, 7) is 8.84. The predicted octanol–water partition coefficient (Wildman–Crippen LogP) is 2.86. The summed E-state index contributed by atoms with van der Waals surface area (Å²) in [5.41, 5.74) is 2.90. The summed E-state index contributed by atoms with van der Waals surface area (Å²) in [5, 5.41) is 19.7. The van der Waals surface area contributed by atoms with E-state index in [1.165, 1.54) is 17.3 Å². The van der Waals surface area contributed by atoms with Crippen LogP contribution in [0.25, 0.3) is 5.69 Å². The fourth-order valence-corrected chi connectivity index (χ4v) is 3.23. The van der Waals surface area contributed by atoms with Gasteiger partial charge in [-0.25, -0.2) is 9.36 Å². The third-order valence-electron chi connectivity index (χ3n) is 3.75. The Morgan fingerprint density at radius 3 is 2.67 bits per heavy atom. The predicted molar refractivity (Wildman–Crippen MR) is 105 cm³/mol. The summed E-state index contributed by atoms with van der Waals surface area (Å²) < 4.78 is 3.46. The summed E-state index contributed by atoms with van der Waals surface area (Å²) in [5.74, 6) is 1.15. The van der Waals surface area contributed by atoms with Gasteiger partial charge in [0.25, 0.3) is 0 Å². The molecule has 0 aliphatic carbocycles. The van der Waals surface area contributed by atoms with Crippen molar-refractivity contribution in [1.29, 1.82) is 0 Å². The first-order valence-electron chi connectivity index (χ1n) is 8.75. The Bertz CT molecular complexity index is 914. The standard InChI is InChI=1S/C18H23N7OS/c1-12(2)10-24-18(20-22-23-24)27-11-17(26)19-16-9-14(4)21-25(16)15-7-5-13(3)6-8-15/h5-9,12H,10-11H2,1-4H3,(H,19,26). The summed E-state index contributed by atoms with van der Waals surface area (Å²) in [4.78, 5) is 12.4. The highest BCUT2D eigenvalue weighted by molar-refractivity contribution is 7.99. The molecule has 2 heterocycles. The number of carbonyl (C=O) groups is 1. The van der Waals surface area contributed by atoms with Gasteiger partial charge in [-0.05, 0) is 42.3 Å². The minimum absolute atomic E-state index is 0.132. The Kier molecular flexibility index (Phi) is 5.90. The topological polar surface area (TPSA) is 90.5 Å². The molecular weight excluding hydrogens is 362 g/mol. The van der Waals surface area contributed by atoms with Gasteiger partial charge in [0.15, 0.2) is 0 Å². The van der Waals surface area contributed by atoms with Crippen LogP contribution in [-0.4, -0.2) is 41.6 Å². The van der Waals surface area contributed by atoms with E-state index in [-0.39, 0.29) is 11.7 Å². The molecule has 0 radical (unpaired) electrons. The van der Waals surface area contributed by atoms with Gasteiger partial charge in [0.2, 0.25) is 11.1 Å². The molecule has 2 aromatic heterocycles. The summed E-state index contributed by atoms with van der Waals surface area (Å²) in [6.07, 6.45) is 0. The van der Waals surface area contributed by atoms with Gasteiger partial charge >= 0.3 is 0 Å². The average molecular weight is 385 g/mol. The fraction of sp³-hybridized carbons (Fsp3) is 0.389. The van der Waals surface area contributed by atoms with Gasteiger partial charge < -0.3 is 5.32 Å². The number of anilines is 1. The van der Waals surface area contributed by atoms with Gasteiger partial charge in [0.1, 0.15) is 5.82 Å². The van der Waals surface area contributed by atoms with Crippen LogP contribution in [0.2, 0.25) is 0 Å². The first kappa shape index (κ1) is 19.1. The maximum Gasteiger partial charge on any atom is 0.236 e. The SMILES string of the molecule is Cc1ccc(-n2nc(C)cc2NC(=O)CSc2nnnn2CC(C)C)cc1. The highest BCUT2D eigenvalue weighted by atomic mass is 32.2. The number of thioether (sulfide) groups is 1. The van der Waals surface area contributed by atoms with Crippen LogP contribution in [-0.2, 0) is 11.3 Å². The van der Waals surface area contributed by atoms with E-state index < -0.39 is 0 Å². The van der Waals surface area contributed by atoms with Crippen LogP contribution in [0.4, 0.5) is 5.82 Å². The molecule has 0 unspecified atom stereocenters. The van der Waals surface area contributed by atoms with Crippen LogP contribution in [0, 0.1) is 19.8 Å². The van der Waals surface area contributed by atoms with Crippen LogP contribution < -0.4 is 5.32 Å². The molecule has 0 fully saturated rings. The number of tetrazole rings is 1. The quantitative estimate of drug-likeness (QED) is 0.629. The van der Waals surface area contributed by atoms with Crippen molar-refractivity contribution in [3.63, 3.8) is 0 Å². The molecule has 1 aromatic carbocycles. The fourth-order valence-electron chi connectivity index (χ4n) is 2.54. The van der Waals surface area contributed by atoms with Crippen molar-refractivity contribution in [3.8, 4) is 5.69 Å². The van der Waals surface area contributed by atoms with Crippen LogP contribution in [0.1, 0.15) is 25.1 Å². The molecule has 8 nitrogen and oxygen atoms in total. The zero-order valence-electron chi connectivity index (χ0n) is 15.9. The van der Waals surface area contributed by atoms with Crippen molar-refractivity contribution < 1.29 is 4.79 Å². The second-order valence-corrected chi connectivity index (χ2v) is 7.74. The number of aromatic nitrogens is 6. The van der Waals surface area contributed by atoms with Gasteiger partial charge in [-0.15, -0.1) is 5.10 Å². The average Bonchev–Trinajstić information content (AvgIpc) is 3.19. The zero-order chi connectivity index (χ0) is 19.4. The summed E-state index contributed by atoms with van der Waals surface area (Å²) >= 11 is 1.32. The number of hydrogen-bond donors (Lipinski definition) is 1. The lowest BCUT2D eigenvalue weighted by molar-refractivity contribution is -0.113. The minimum Gasteiger partial charge on any atom is -0.310 e. The normalized spacial score (nSPS) is 11.1. The Hall–Kier alpha value is -2.68. The zero-order valence-corrected chi connectivity index (χ0v) is 16.7. The van der Waals surface area contributed by atoms with Gasteiger partial charge in [0.05, 0.1) is 17.1 Å². The molecule has 9 heteroatoms. The highest BCUT2D eigenvalue weighted by Crippen LogP contribution is 2.19. The van der Waals surface area contributed by atoms with Crippen molar-refractivity contribution in [3.05, 3.63) is 41.6 Å². The molecule has 3 aromatic rings. The van der Waals surface area contributed by atoms with Gasteiger partial charge in [-0.1, -0.05) is 43.3 Å². The number of amides is 1. The molecule has 0 aliphatic heterocycles. The molecule has 142 valence electrons. The first-order valence-corrected chi connectivity index (χ1v) is 9.73. The van der Waals surface area contributed by atoms with E-state index in [4.69, 9.17) is 0 Å². The molecule has 0 spiro atoms. The van der Waals surface area contributed by atoms with Crippen LogP contribution in [0.15, 0.2) is 35.5 Å². The van der Waals surface area contributed by atoms with E-state index in [1.807, 2.05) is 44.2 Å². The lowest BCUT2D eigenvalue weighted by Crippen LogP contribution is -2.17. The van der Waals surface area contributed by atoms with E-state index in [0.717, 1.165) is 17.9 Å². The number of nitrogens with zero attached hydrogens (tertiary/aromatic N) is 6. The maximum atomic E-state index is 12.4. The molecule has 0 saturated carbocycles. The van der Waals surface area contributed by atoms with Crippen molar-refractivity contribution in [2.45, 2.75) is 39.4 Å². The van der Waals surface area contributed by atoms with E-state index in [0.29, 0.717) is 16.9 Å². The van der Waals surface area contributed by atoms with E-state index >= 15 is 0 Å². The maximum absolute atomic E-state index is 12.4. The number of benzene rings is 1. The lowest BCUT2D eigenvalue weighted by Gasteiger charge is -2.09. The van der Waals surface area contributed by atoms with E-state index in [1.54, 1.807) is 9.36 Å². The van der Waals surface area contributed by atoms with E-state index in [9.17, 15) is 4.79 Å². The number of carbonyl (C=O) groups excluding carboxylic acids is 1. The molecule has 1 amide bonds. The Balaban J connectivity index is 1.67. The van der Waals surface area contributed by atoms with Crippen molar-refractivity contribution in [2.75, 3.05) is 11.1 Å². The van der Waals surface area contributed by atoms with Crippen LogP contribution in [0.3, 0.4) is 0 Å². The van der Waals surface area contributed by atoms with Gasteiger partial charge in [0, 0.05) is 12.6 Å². The molecule has 1 N–H and O–H groups in total. The number of rotatable bonds is 7. The second kappa shape index (κ2) is 8.34. The van der Waals surface area contributed by atoms with Gasteiger partial charge in [-0.2, -0.15) is 5.10 Å². The monoisotopic (exact) mass is 385 g/mol. The Morgan fingerprint density at radius 2 is 1.96 bits per heavy atom. The number of aryl methyl sites for hydroxylation is 2. The van der Waals surface area contributed by atoms with Crippen molar-refractivity contribution in [1.82, 2.24) is 30.0 Å². The second-order valence-electron chi connectivity index (χ2n) is 6.79. The lowest BCUT2D eigenvalue weighted by atomic mass is 10.2. The van der Waals surface area contributed by atoms with Crippen LogP contribution in [0.5, 0.6) is 0 Å². The smallest absolute Gasteiger partial charge is 0.236 e. The first-order chi connectivity index (χ1) is 12.9. The third-order valence-corrected chi connectivity index (χ3v) is 4.70. The molecule has 0 bridgehead atoms. The highest BCUT2D eigenvalue weighted by Gasteiger charge is 2.14. The molecule has 0 saturated heterocycles. The third kappa shape index (κ3) is 4.94. The van der Waals surface area contributed by atoms with E-state index in [2.05, 4.69) is 39.8 Å². The molecular formula is C18H23N7OS.